The second-order valence-electron chi connectivity index (χ2n) is 4.70. The summed E-state index contributed by atoms with van der Waals surface area (Å²) in [4.78, 5) is 7.52. The molecule has 0 saturated heterocycles. The van der Waals surface area contributed by atoms with Gasteiger partial charge in [0.2, 0.25) is 0 Å². The van der Waals surface area contributed by atoms with E-state index in [2.05, 4.69) is 9.97 Å². The van der Waals surface area contributed by atoms with E-state index in [1.807, 2.05) is 24.3 Å². The summed E-state index contributed by atoms with van der Waals surface area (Å²) >= 11 is 5.84. The van der Waals surface area contributed by atoms with Crippen molar-refractivity contribution < 1.29 is 4.74 Å². The SMILES string of the molecule is Clc1ccc(OCC2CCc3nc[nH]c3C2)cc1. The Morgan fingerprint density at radius 2 is 2.17 bits per heavy atom. The summed E-state index contributed by atoms with van der Waals surface area (Å²) in [5, 5.41) is 0.738. The van der Waals surface area contributed by atoms with Gasteiger partial charge in [0.25, 0.3) is 0 Å². The van der Waals surface area contributed by atoms with Gasteiger partial charge in [-0.05, 0) is 49.4 Å². The minimum atomic E-state index is 0.564. The number of aromatic amines is 1. The van der Waals surface area contributed by atoms with Crippen LogP contribution in [0.5, 0.6) is 5.75 Å². The molecule has 2 aromatic rings. The molecule has 1 aliphatic rings. The molecule has 4 heteroatoms. The van der Waals surface area contributed by atoms with Crippen molar-refractivity contribution in [3.8, 4) is 5.75 Å². The van der Waals surface area contributed by atoms with E-state index in [0.29, 0.717) is 5.92 Å². The second kappa shape index (κ2) is 5.02. The van der Waals surface area contributed by atoms with Crippen LogP contribution in [-0.2, 0) is 12.8 Å². The zero-order chi connectivity index (χ0) is 12.4. The van der Waals surface area contributed by atoms with Gasteiger partial charge >= 0.3 is 0 Å². The van der Waals surface area contributed by atoms with Crippen LogP contribution in [0.15, 0.2) is 30.6 Å². The fraction of sp³-hybridized carbons (Fsp3) is 0.357. The number of rotatable bonds is 3. The van der Waals surface area contributed by atoms with Gasteiger partial charge < -0.3 is 9.72 Å². The van der Waals surface area contributed by atoms with Gasteiger partial charge in [0.15, 0.2) is 0 Å². The standard InChI is InChI=1S/C14H15ClN2O/c15-11-2-4-12(5-3-11)18-8-10-1-6-13-14(7-10)17-9-16-13/h2-5,9-10H,1,6-8H2,(H,16,17). The second-order valence-corrected chi connectivity index (χ2v) is 5.14. The Morgan fingerprint density at radius 3 is 3.00 bits per heavy atom. The van der Waals surface area contributed by atoms with Crippen LogP contribution in [0.25, 0.3) is 0 Å². The normalized spacial score (nSPS) is 18.4. The van der Waals surface area contributed by atoms with Gasteiger partial charge in [0, 0.05) is 10.7 Å². The number of aryl methyl sites for hydroxylation is 1. The van der Waals surface area contributed by atoms with E-state index >= 15 is 0 Å². The molecule has 1 heterocycles. The Morgan fingerprint density at radius 1 is 1.33 bits per heavy atom. The van der Waals surface area contributed by atoms with E-state index in [9.17, 15) is 0 Å². The summed E-state index contributed by atoms with van der Waals surface area (Å²) in [6.45, 7) is 0.750. The zero-order valence-corrected chi connectivity index (χ0v) is 10.8. The average molecular weight is 263 g/mol. The van der Waals surface area contributed by atoms with Gasteiger partial charge in [-0.15, -0.1) is 0 Å². The minimum absolute atomic E-state index is 0.564. The van der Waals surface area contributed by atoms with Crippen LogP contribution < -0.4 is 4.74 Å². The van der Waals surface area contributed by atoms with Crippen molar-refractivity contribution in [2.24, 2.45) is 5.92 Å². The molecule has 3 nitrogen and oxygen atoms in total. The van der Waals surface area contributed by atoms with Crippen LogP contribution in [0.4, 0.5) is 0 Å². The number of aromatic nitrogens is 2. The number of fused-ring (bicyclic) bond motifs is 1. The van der Waals surface area contributed by atoms with Crippen LogP contribution in [0.3, 0.4) is 0 Å². The maximum atomic E-state index is 5.84. The lowest BCUT2D eigenvalue weighted by Gasteiger charge is -2.21. The van der Waals surface area contributed by atoms with E-state index in [0.717, 1.165) is 36.6 Å². The number of ether oxygens (including phenoxy) is 1. The predicted octanol–water partition coefficient (Wildman–Crippen LogP) is 3.25. The molecule has 0 saturated carbocycles. The molecule has 1 aromatic carbocycles. The lowest BCUT2D eigenvalue weighted by Crippen LogP contribution is -2.20. The number of nitrogens with one attached hydrogen (secondary N) is 1. The minimum Gasteiger partial charge on any atom is -0.493 e. The van der Waals surface area contributed by atoms with Gasteiger partial charge in [0.05, 0.1) is 18.6 Å². The third-order valence-electron chi connectivity index (χ3n) is 3.39. The van der Waals surface area contributed by atoms with Crippen molar-refractivity contribution in [2.75, 3.05) is 6.61 Å². The number of H-pyrrole nitrogens is 1. The lowest BCUT2D eigenvalue weighted by atomic mass is 9.90. The zero-order valence-electron chi connectivity index (χ0n) is 10.0. The maximum absolute atomic E-state index is 5.84. The Kier molecular flexibility index (Phi) is 3.24. The predicted molar refractivity (Wildman–Crippen MR) is 71.0 cm³/mol. The maximum Gasteiger partial charge on any atom is 0.119 e. The van der Waals surface area contributed by atoms with E-state index in [1.165, 1.54) is 11.4 Å². The number of hydrogen-bond donors (Lipinski definition) is 1. The van der Waals surface area contributed by atoms with E-state index in [4.69, 9.17) is 16.3 Å². The third-order valence-corrected chi connectivity index (χ3v) is 3.64. The molecule has 3 rings (SSSR count). The molecular weight excluding hydrogens is 248 g/mol. The molecule has 1 unspecified atom stereocenters. The smallest absolute Gasteiger partial charge is 0.119 e. The van der Waals surface area contributed by atoms with Crippen molar-refractivity contribution in [2.45, 2.75) is 19.3 Å². The van der Waals surface area contributed by atoms with Crippen LogP contribution in [0.1, 0.15) is 17.8 Å². The molecule has 1 aliphatic carbocycles. The number of nitrogens with zero attached hydrogens (tertiary/aromatic N) is 1. The molecule has 0 spiro atoms. The highest BCUT2D eigenvalue weighted by Gasteiger charge is 2.20. The van der Waals surface area contributed by atoms with Crippen LogP contribution in [0.2, 0.25) is 5.02 Å². The number of halogens is 1. The molecule has 1 N–H and O–H groups in total. The fourth-order valence-corrected chi connectivity index (χ4v) is 2.49. The average Bonchev–Trinajstić information content (AvgIpc) is 2.85. The van der Waals surface area contributed by atoms with E-state index < -0.39 is 0 Å². The van der Waals surface area contributed by atoms with Crippen LogP contribution in [0, 0.1) is 5.92 Å². The van der Waals surface area contributed by atoms with Gasteiger partial charge in [-0.2, -0.15) is 0 Å². The van der Waals surface area contributed by atoms with Crippen LogP contribution >= 0.6 is 11.6 Å². The Hall–Kier alpha value is -1.48. The number of benzene rings is 1. The van der Waals surface area contributed by atoms with Gasteiger partial charge in [-0.25, -0.2) is 4.98 Å². The third kappa shape index (κ3) is 2.51. The molecule has 0 fully saturated rings. The summed E-state index contributed by atoms with van der Waals surface area (Å²) in [6.07, 6.45) is 5.01. The highest BCUT2D eigenvalue weighted by molar-refractivity contribution is 6.30. The molecule has 94 valence electrons. The first-order valence-corrected chi connectivity index (χ1v) is 6.58. The summed E-state index contributed by atoms with van der Waals surface area (Å²) < 4.78 is 5.80. The van der Waals surface area contributed by atoms with Crippen molar-refractivity contribution in [1.82, 2.24) is 9.97 Å². The number of hydrogen-bond acceptors (Lipinski definition) is 2. The van der Waals surface area contributed by atoms with Gasteiger partial charge in [0.1, 0.15) is 5.75 Å². The monoisotopic (exact) mass is 262 g/mol. The highest BCUT2D eigenvalue weighted by Crippen LogP contribution is 2.24. The first kappa shape index (κ1) is 11.6. The topological polar surface area (TPSA) is 37.9 Å². The van der Waals surface area contributed by atoms with Gasteiger partial charge in [-0.3, -0.25) is 0 Å². The van der Waals surface area contributed by atoms with Crippen molar-refractivity contribution in [1.29, 1.82) is 0 Å². The quantitative estimate of drug-likeness (QED) is 0.922. The lowest BCUT2D eigenvalue weighted by molar-refractivity contribution is 0.233. The first-order valence-electron chi connectivity index (χ1n) is 6.21. The van der Waals surface area contributed by atoms with Crippen LogP contribution in [-0.4, -0.2) is 16.6 Å². The Labute approximate surface area is 111 Å². The van der Waals surface area contributed by atoms with Crippen molar-refractivity contribution >= 4 is 11.6 Å². The van der Waals surface area contributed by atoms with Crippen molar-refractivity contribution in [3.63, 3.8) is 0 Å². The molecule has 0 aliphatic heterocycles. The van der Waals surface area contributed by atoms with E-state index in [1.54, 1.807) is 6.33 Å². The Balaban J connectivity index is 1.57. The van der Waals surface area contributed by atoms with Gasteiger partial charge in [-0.1, -0.05) is 11.6 Å². The summed E-state index contributed by atoms with van der Waals surface area (Å²) in [5.41, 5.74) is 2.49. The molecule has 1 atom stereocenters. The summed E-state index contributed by atoms with van der Waals surface area (Å²) in [6, 6.07) is 7.52. The molecular formula is C14H15ClN2O. The molecule has 0 radical (unpaired) electrons. The molecule has 0 bridgehead atoms. The fourth-order valence-electron chi connectivity index (χ4n) is 2.36. The largest absolute Gasteiger partial charge is 0.493 e. The first-order chi connectivity index (χ1) is 8.81. The number of imidazole rings is 1. The summed E-state index contributed by atoms with van der Waals surface area (Å²) in [7, 11) is 0. The molecule has 18 heavy (non-hydrogen) atoms. The molecule has 1 aromatic heterocycles. The van der Waals surface area contributed by atoms with E-state index in [-0.39, 0.29) is 0 Å². The Bertz CT molecular complexity index is 521. The summed E-state index contributed by atoms with van der Waals surface area (Å²) in [5.74, 6) is 1.45. The van der Waals surface area contributed by atoms with Crippen molar-refractivity contribution in [3.05, 3.63) is 47.0 Å². The molecule has 0 amide bonds. The highest BCUT2D eigenvalue weighted by atomic mass is 35.5.